The number of carbonyl (C=O) groups is 1. The molecule has 0 aromatic carbocycles. The Kier molecular flexibility index (Phi) is 6.23. The van der Waals surface area contributed by atoms with Gasteiger partial charge >= 0.3 is 6.18 Å². The highest BCUT2D eigenvalue weighted by Crippen LogP contribution is 2.33. The van der Waals surface area contributed by atoms with Crippen LogP contribution >= 0.6 is 11.3 Å². The van der Waals surface area contributed by atoms with Gasteiger partial charge in [-0.1, -0.05) is 12.1 Å². The van der Waals surface area contributed by atoms with E-state index in [0.29, 0.717) is 16.2 Å². The molecule has 5 aromatic rings. The summed E-state index contributed by atoms with van der Waals surface area (Å²) in [5.74, 6) is -0.742. The van der Waals surface area contributed by atoms with Crippen molar-refractivity contribution in [2.75, 3.05) is 0 Å². The van der Waals surface area contributed by atoms with Crippen LogP contribution < -0.4 is 5.32 Å². The lowest BCUT2D eigenvalue weighted by Gasteiger charge is -2.21. The van der Waals surface area contributed by atoms with Crippen LogP contribution in [-0.2, 0) is 11.2 Å². The molecule has 182 valence electrons. The maximum Gasteiger partial charge on any atom is 0.414 e. The van der Waals surface area contributed by atoms with Crippen LogP contribution in [0, 0.1) is 6.92 Å². The van der Waals surface area contributed by atoms with E-state index in [-0.39, 0.29) is 12.1 Å². The molecule has 0 bridgehead atoms. The molecule has 0 aliphatic carbocycles. The summed E-state index contributed by atoms with van der Waals surface area (Å²) in [5.41, 5.74) is 4.12. The second-order valence-corrected chi connectivity index (χ2v) is 9.13. The molecular formula is C25H19F3N6OS. The van der Waals surface area contributed by atoms with E-state index in [1.165, 1.54) is 23.5 Å². The van der Waals surface area contributed by atoms with Gasteiger partial charge in [-0.25, -0.2) is 9.50 Å². The van der Waals surface area contributed by atoms with Crippen LogP contribution in [0.2, 0.25) is 0 Å². The number of hydrogen-bond acceptors (Lipinski definition) is 6. The predicted molar refractivity (Wildman–Crippen MR) is 129 cm³/mol. The number of pyridine rings is 2. The Balaban J connectivity index is 1.33. The van der Waals surface area contributed by atoms with Gasteiger partial charge in [0.15, 0.2) is 11.7 Å². The van der Waals surface area contributed by atoms with Gasteiger partial charge in [-0.2, -0.15) is 18.3 Å². The van der Waals surface area contributed by atoms with Crippen LogP contribution in [0.5, 0.6) is 0 Å². The molecule has 0 spiro atoms. The van der Waals surface area contributed by atoms with Gasteiger partial charge in [0.1, 0.15) is 0 Å². The molecule has 5 heterocycles. The van der Waals surface area contributed by atoms with Gasteiger partial charge in [0.2, 0.25) is 5.91 Å². The zero-order valence-electron chi connectivity index (χ0n) is 18.9. The topological polar surface area (TPSA) is 85.1 Å². The molecular weight excluding hydrogens is 489 g/mol. The summed E-state index contributed by atoms with van der Waals surface area (Å²) < 4.78 is 42.6. The SMILES string of the molecule is Cc1cccc(C(NC(=O)Cc2cc(-c3cnn4cc(-c5cccnc5)cnc34)cs2)C(F)(F)F)n1. The van der Waals surface area contributed by atoms with Crippen molar-refractivity contribution >= 4 is 22.9 Å². The summed E-state index contributed by atoms with van der Waals surface area (Å²) in [7, 11) is 0. The lowest BCUT2D eigenvalue weighted by atomic mass is 10.1. The molecule has 5 aromatic heterocycles. The normalized spacial score (nSPS) is 12.6. The third kappa shape index (κ3) is 4.96. The van der Waals surface area contributed by atoms with Crippen molar-refractivity contribution in [1.29, 1.82) is 0 Å². The first-order valence-corrected chi connectivity index (χ1v) is 11.8. The number of nitrogens with one attached hydrogen (secondary N) is 1. The molecule has 1 amide bonds. The van der Waals surface area contributed by atoms with Gasteiger partial charge in [0.05, 0.1) is 18.3 Å². The van der Waals surface area contributed by atoms with Gasteiger partial charge in [-0.05, 0) is 42.1 Å². The van der Waals surface area contributed by atoms with Gasteiger partial charge in [-0.15, -0.1) is 11.3 Å². The highest BCUT2D eigenvalue weighted by atomic mass is 32.1. The highest BCUT2D eigenvalue weighted by Gasteiger charge is 2.42. The van der Waals surface area contributed by atoms with E-state index < -0.39 is 18.1 Å². The summed E-state index contributed by atoms with van der Waals surface area (Å²) in [6, 6.07) is 7.69. The number of nitrogens with zero attached hydrogens (tertiary/aromatic N) is 5. The maximum absolute atomic E-state index is 13.6. The number of fused-ring (bicyclic) bond motifs is 1. The molecule has 0 radical (unpaired) electrons. The molecule has 0 fully saturated rings. The average Bonchev–Trinajstić information content (AvgIpc) is 3.48. The molecule has 0 aliphatic rings. The zero-order valence-corrected chi connectivity index (χ0v) is 19.7. The Bertz CT molecular complexity index is 1530. The molecule has 11 heteroatoms. The molecule has 0 aliphatic heterocycles. The minimum absolute atomic E-state index is 0.194. The monoisotopic (exact) mass is 508 g/mol. The number of alkyl halides is 3. The number of carbonyl (C=O) groups excluding carboxylic acids is 1. The van der Waals surface area contributed by atoms with Crippen molar-refractivity contribution in [1.82, 2.24) is 29.9 Å². The van der Waals surface area contributed by atoms with E-state index in [1.807, 2.05) is 23.7 Å². The van der Waals surface area contributed by atoms with Crippen molar-refractivity contribution in [2.24, 2.45) is 0 Å². The van der Waals surface area contributed by atoms with Crippen molar-refractivity contribution in [2.45, 2.75) is 25.6 Å². The third-order valence-electron chi connectivity index (χ3n) is 5.49. The van der Waals surface area contributed by atoms with E-state index in [4.69, 9.17) is 0 Å². The van der Waals surface area contributed by atoms with Crippen LogP contribution in [0.1, 0.15) is 22.3 Å². The average molecular weight is 509 g/mol. The summed E-state index contributed by atoms with van der Waals surface area (Å²) in [6.07, 6.45) is 3.81. The molecule has 1 N–H and O–H groups in total. The predicted octanol–water partition coefficient (Wildman–Crippen LogP) is 5.19. The number of aryl methyl sites for hydroxylation is 1. The van der Waals surface area contributed by atoms with Crippen LogP contribution in [0.25, 0.3) is 27.9 Å². The number of rotatable bonds is 6. The molecule has 36 heavy (non-hydrogen) atoms. The Labute approximate surface area is 207 Å². The van der Waals surface area contributed by atoms with Crippen molar-refractivity contribution in [3.8, 4) is 22.3 Å². The lowest BCUT2D eigenvalue weighted by Crippen LogP contribution is -2.39. The summed E-state index contributed by atoms with van der Waals surface area (Å²) in [6.45, 7) is 1.60. The van der Waals surface area contributed by atoms with E-state index in [2.05, 4.69) is 25.4 Å². The molecule has 5 rings (SSSR count). The Morgan fingerprint density at radius 2 is 1.97 bits per heavy atom. The standard InChI is InChI=1S/C25H19F3N6OS/c1-15-4-2-6-21(32-15)23(25(26,27)28)33-22(35)9-19-8-17(14-36-19)20-12-31-34-13-18(11-30-24(20)34)16-5-3-7-29-10-16/h2-8,10-14,23H,9H2,1H3,(H,33,35). The van der Waals surface area contributed by atoms with Crippen molar-refractivity contribution < 1.29 is 18.0 Å². The fraction of sp³-hybridized carbons (Fsp3) is 0.160. The fourth-order valence-electron chi connectivity index (χ4n) is 3.79. The van der Waals surface area contributed by atoms with E-state index in [1.54, 1.807) is 48.4 Å². The number of aromatic nitrogens is 5. The second-order valence-electron chi connectivity index (χ2n) is 8.14. The first kappa shape index (κ1) is 23.6. The third-order valence-corrected chi connectivity index (χ3v) is 6.43. The van der Waals surface area contributed by atoms with Gasteiger partial charge in [-0.3, -0.25) is 14.8 Å². The zero-order chi connectivity index (χ0) is 25.3. The quantitative estimate of drug-likeness (QED) is 0.341. The lowest BCUT2D eigenvalue weighted by molar-refractivity contribution is -0.164. The van der Waals surface area contributed by atoms with Crippen LogP contribution in [-0.4, -0.2) is 36.6 Å². The molecule has 1 atom stereocenters. The maximum atomic E-state index is 13.6. The number of amides is 1. The fourth-order valence-corrected chi connectivity index (χ4v) is 4.68. The highest BCUT2D eigenvalue weighted by molar-refractivity contribution is 7.10. The largest absolute Gasteiger partial charge is 0.414 e. The number of hydrogen-bond donors (Lipinski definition) is 1. The number of thiophene rings is 1. The molecule has 0 saturated heterocycles. The first-order chi connectivity index (χ1) is 17.3. The smallest absolute Gasteiger partial charge is 0.339 e. The van der Waals surface area contributed by atoms with Crippen LogP contribution in [0.3, 0.4) is 0 Å². The summed E-state index contributed by atoms with van der Waals surface area (Å²) in [4.78, 5) is 25.8. The van der Waals surface area contributed by atoms with Gasteiger partial charge < -0.3 is 5.32 Å². The molecule has 7 nitrogen and oxygen atoms in total. The Hall–Kier alpha value is -4.12. The summed E-state index contributed by atoms with van der Waals surface area (Å²) in [5, 5.41) is 8.31. The first-order valence-electron chi connectivity index (χ1n) is 10.9. The van der Waals surface area contributed by atoms with E-state index in [9.17, 15) is 18.0 Å². The van der Waals surface area contributed by atoms with E-state index >= 15 is 0 Å². The van der Waals surface area contributed by atoms with Crippen LogP contribution in [0.4, 0.5) is 13.2 Å². The minimum Gasteiger partial charge on any atom is -0.339 e. The second kappa shape index (κ2) is 9.50. The minimum atomic E-state index is -4.67. The van der Waals surface area contributed by atoms with Gasteiger partial charge in [0.25, 0.3) is 0 Å². The van der Waals surface area contributed by atoms with Crippen LogP contribution in [0.15, 0.2) is 72.8 Å². The van der Waals surface area contributed by atoms with Gasteiger partial charge in [0, 0.05) is 52.0 Å². The molecule has 0 saturated carbocycles. The summed E-state index contributed by atoms with van der Waals surface area (Å²) >= 11 is 1.29. The molecule has 1 unspecified atom stereocenters. The van der Waals surface area contributed by atoms with Crippen molar-refractivity contribution in [3.05, 3.63) is 89.0 Å². The van der Waals surface area contributed by atoms with E-state index in [0.717, 1.165) is 22.3 Å². The Morgan fingerprint density at radius 3 is 2.72 bits per heavy atom. The van der Waals surface area contributed by atoms with Crippen molar-refractivity contribution in [3.63, 3.8) is 0 Å². The number of halogens is 3. The Morgan fingerprint density at radius 1 is 1.11 bits per heavy atom.